The van der Waals surface area contributed by atoms with E-state index in [1.54, 1.807) is 6.20 Å². The smallest absolute Gasteiger partial charge is 0.224 e. The first-order chi connectivity index (χ1) is 10.3. The Morgan fingerprint density at radius 2 is 1.86 bits per heavy atom. The lowest BCUT2D eigenvalue weighted by atomic mass is 10.1. The highest BCUT2D eigenvalue weighted by atomic mass is 35.5. The van der Waals surface area contributed by atoms with Crippen molar-refractivity contribution in [3.8, 4) is 0 Å². The largest absolute Gasteiger partial charge is 0.370 e. The molecule has 2 rings (SSSR count). The minimum Gasteiger partial charge on any atom is -0.370 e. The van der Waals surface area contributed by atoms with Crippen molar-refractivity contribution in [3.63, 3.8) is 0 Å². The van der Waals surface area contributed by atoms with Crippen LogP contribution in [0.3, 0.4) is 0 Å². The van der Waals surface area contributed by atoms with Gasteiger partial charge in [-0.1, -0.05) is 37.1 Å². The molecular weight excluding hydrogens is 284 g/mol. The van der Waals surface area contributed by atoms with E-state index in [4.69, 9.17) is 11.6 Å². The van der Waals surface area contributed by atoms with Crippen molar-refractivity contribution in [2.75, 3.05) is 23.7 Å². The minimum absolute atomic E-state index is 0.658. The SMILES string of the molecule is CCCCNc1ccnc(NCCc2ccc(Cl)cc2)n1. The van der Waals surface area contributed by atoms with E-state index in [-0.39, 0.29) is 0 Å². The van der Waals surface area contributed by atoms with Gasteiger partial charge in [-0.05, 0) is 36.6 Å². The monoisotopic (exact) mass is 304 g/mol. The Bertz CT molecular complexity index is 542. The molecule has 1 aromatic heterocycles. The molecule has 0 aliphatic rings. The Kier molecular flexibility index (Phi) is 6.28. The van der Waals surface area contributed by atoms with Crippen molar-refractivity contribution in [1.82, 2.24) is 9.97 Å². The maximum atomic E-state index is 5.87. The molecule has 21 heavy (non-hydrogen) atoms. The molecule has 112 valence electrons. The van der Waals surface area contributed by atoms with E-state index in [1.807, 2.05) is 30.3 Å². The van der Waals surface area contributed by atoms with E-state index in [2.05, 4.69) is 27.5 Å². The molecule has 0 atom stereocenters. The number of halogens is 1. The Balaban J connectivity index is 1.79. The van der Waals surface area contributed by atoms with E-state index in [0.29, 0.717) is 5.95 Å². The van der Waals surface area contributed by atoms with E-state index >= 15 is 0 Å². The zero-order valence-corrected chi connectivity index (χ0v) is 13.0. The van der Waals surface area contributed by atoms with Crippen LogP contribution in [-0.4, -0.2) is 23.1 Å². The normalized spacial score (nSPS) is 10.4. The number of hydrogen-bond acceptors (Lipinski definition) is 4. The summed E-state index contributed by atoms with van der Waals surface area (Å²) in [4.78, 5) is 8.67. The van der Waals surface area contributed by atoms with E-state index in [1.165, 1.54) is 12.0 Å². The topological polar surface area (TPSA) is 49.8 Å². The quantitative estimate of drug-likeness (QED) is 0.724. The van der Waals surface area contributed by atoms with Gasteiger partial charge in [-0.2, -0.15) is 4.98 Å². The summed E-state index contributed by atoms with van der Waals surface area (Å²) >= 11 is 5.87. The Morgan fingerprint density at radius 3 is 2.62 bits per heavy atom. The lowest BCUT2D eigenvalue weighted by molar-refractivity contribution is 0.830. The highest BCUT2D eigenvalue weighted by Crippen LogP contribution is 2.10. The summed E-state index contributed by atoms with van der Waals surface area (Å²) in [6, 6.07) is 9.78. The van der Waals surface area contributed by atoms with Gasteiger partial charge < -0.3 is 10.6 Å². The van der Waals surface area contributed by atoms with Gasteiger partial charge in [-0.3, -0.25) is 0 Å². The van der Waals surface area contributed by atoms with Gasteiger partial charge >= 0.3 is 0 Å². The first-order valence-electron chi connectivity index (χ1n) is 7.33. The van der Waals surface area contributed by atoms with Crippen molar-refractivity contribution in [2.45, 2.75) is 26.2 Å². The molecule has 5 heteroatoms. The number of rotatable bonds is 8. The molecule has 0 spiro atoms. The summed E-state index contributed by atoms with van der Waals surface area (Å²) in [6.07, 6.45) is 4.99. The summed E-state index contributed by atoms with van der Waals surface area (Å²) in [5.41, 5.74) is 1.24. The fourth-order valence-electron chi connectivity index (χ4n) is 1.91. The van der Waals surface area contributed by atoms with Crippen LogP contribution in [0, 0.1) is 0 Å². The molecule has 0 fully saturated rings. The molecular formula is C16H21ClN4. The number of anilines is 2. The van der Waals surface area contributed by atoms with Crippen molar-refractivity contribution in [2.24, 2.45) is 0 Å². The molecule has 1 aromatic carbocycles. The number of nitrogens with zero attached hydrogens (tertiary/aromatic N) is 2. The third-order valence-corrected chi connectivity index (χ3v) is 3.35. The van der Waals surface area contributed by atoms with Gasteiger partial charge in [0.2, 0.25) is 5.95 Å². The first kappa shape index (κ1) is 15.6. The van der Waals surface area contributed by atoms with Gasteiger partial charge in [0.25, 0.3) is 0 Å². The molecule has 0 saturated carbocycles. The van der Waals surface area contributed by atoms with Crippen LogP contribution in [0.25, 0.3) is 0 Å². The maximum absolute atomic E-state index is 5.87. The zero-order chi connectivity index (χ0) is 14.9. The van der Waals surface area contributed by atoms with Crippen LogP contribution in [0.4, 0.5) is 11.8 Å². The molecule has 1 heterocycles. The van der Waals surface area contributed by atoms with Gasteiger partial charge in [0.1, 0.15) is 5.82 Å². The van der Waals surface area contributed by atoms with E-state index in [9.17, 15) is 0 Å². The van der Waals surface area contributed by atoms with Gasteiger partial charge in [-0.15, -0.1) is 0 Å². The molecule has 2 N–H and O–H groups in total. The third kappa shape index (κ3) is 5.60. The number of benzene rings is 1. The first-order valence-corrected chi connectivity index (χ1v) is 7.71. The number of unbranched alkanes of at least 4 members (excludes halogenated alkanes) is 1. The molecule has 0 saturated heterocycles. The maximum Gasteiger partial charge on any atom is 0.224 e. The van der Waals surface area contributed by atoms with Crippen molar-refractivity contribution in [3.05, 3.63) is 47.1 Å². The summed E-state index contributed by atoms with van der Waals surface area (Å²) in [6.45, 7) is 3.91. The Hall–Kier alpha value is -1.81. The molecule has 0 amide bonds. The second kappa shape index (κ2) is 8.47. The van der Waals surface area contributed by atoms with Gasteiger partial charge in [-0.25, -0.2) is 4.98 Å². The van der Waals surface area contributed by atoms with Crippen LogP contribution in [0.2, 0.25) is 5.02 Å². The third-order valence-electron chi connectivity index (χ3n) is 3.10. The van der Waals surface area contributed by atoms with Crippen molar-refractivity contribution >= 4 is 23.4 Å². The fourth-order valence-corrected chi connectivity index (χ4v) is 2.03. The van der Waals surface area contributed by atoms with Crippen LogP contribution >= 0.6 is 11.6 Å². The van der Waals surface area contributed by atoms with E-state index < -0.39 is 0 Å². The molecule has 0 aliphatic heterocycles. The summed E-state index contributed by atoms with van der Waals surface area (Å²) < 4.78 is 0. The second-order valence-corrected chi connectivity index (χ2v) is 5.29. The fraction of sp³-hybridized carbons (Fsp3) is 0.375. The highest BCUT2D eigenvalue weighted by Gasteiger charge is 1.99. The zero-order valence-electron chi connectivity index (χ0n) is 12.3. The predicted molar refractivity (Wildman–Crippen MR) is 89.1 cm³/mol. The average molecular weight is 305 g/mol. The Morgan fingerprint density at radius 1 is 1.05 bits per heavy atom. The van der Waals surface area contributed by atoms with Crippen molar-refractivity contribution < 1.29 is 0 Å². The predicted octanol–water partition coefficient (Wildman–Crippen LogP) is 4.00. The highest BCUT2D eigenvalue weighted by molar-refractivity contribution is 6.30. The molecule has 0 unspecified atom stereocenters. The number of aromatic nitrogens is 2. The van der Waals surface area contributed by atoms with Crippen LogP contribution in [0.15, 0.2) is 36.5 Å². The number of hydrogen-bond donors (Lipinski definition) is 2. The van der Waals surface area contributed by atoms with Crippen molar-refractivity contribution in [1.29, 1.82) is 0 Å². The van der Waals surface area contributed by atoms with Crippen LogP contribution in [0.1, 0.15) is 25.3 Å². The van der Waals surface area contributed by atoms with Gasteiger partial charge in [0.15, 0.2) is 0 Å². The van der Waals surface area contributed by atoms with Crippen LogP contribution in [0.5, 0.6) is 0 Å². The summed E-state index contributed by atoms with van der Waals surface area (Å²) in [5.74, 6) is 1.53. The molecule has 0 aliphatic carbocycles. The summed E-state index contributed by atoms with van der Waals surface area (Å²) in [7, 11) is 0. The lowest BCUT2D eigenvalue weighted by Gasteiger charge is -2.08. The molecule has 2 aromatic rings. The molecule has 0 radical (unpaired) electrons. The van der Waals surface area contributed by atoms with E-state index in [0.717, 1.165) is 36.8 Å². The van der Waals surface area contributed by atoms with Gasteiger partial charge in [0.05, 0.1) is 0 Å². The number of nitrogens with one attached hydrogen (secondary N) is 2. The molecule has 4 nitrogen and oxygen atoms in total. The lowest BCUT2D eigenvalue weighted by Crippen LogP contribution is -2.10. The molecule has 0 bridgehead atoms. The summed E-state index contributed by atoms with van der Waals surface area (Å²) in [5, 5.41) is 7.30. The average Bonchev–Trinajstić information content (AvgIpc) is 2.50. The minimum atomic E-state index is 0.658. The standard InChI is InChI=1S/C16H21ClN4/c1-2-3-10-18-15-9-12-20-16(21-15)19-11-8-13-4-6-14(17)7-5-13/h4-7,9,12H,2-3,8,10-11H2,1H3,(H2,18,19,20,21). The van der Waals surface area contributed by atoms with Crippen LogP contribution in [-0.2, 0) is 6.42 Å². The Labute approximate surface area is 131 Å². The van der Waals surface area contributed by atoms with Gasteiger partial charge in [0, 0.05) is 24.3 Å². The second-order valence-electron chi connectivity index (χ2n) is 4.85. The van der Waals surface area contributed by atoms with Crippen LogP contribution < -0.4 is 10.6 Å².